The van der Waals surface area contributed by atoms with Crippen LogP contribution >= 0.6 is 11.8 Å². The van der Waals surface area contributed by atoms with Crippen LogP contribution in [-0.2, 0) is 14.3 Å². The van der Waals surface area contributed by atoms with Crippen molar-refractivity contribution in [2.45, 2.75) is 4.90 Å². The van der Waals surface area contributed by atoms with Crippen LogP contribution in [0.15, 0.2) is 83.8 Å². The predicted molar refractivity (Wildman–Crippen MR) is 121 cm³/mol. The van der Waals surface area contributed by atoms with Crippen molar-refractivity contribution in [1.82, 2.24) is 5.32 Å². The lowest BCUT2D eigenvalue weighted by atomic mass is 10.2. The molecule has 168 valence electrons. The van der Waals surface area contributed by atoms with Crippen molar-refractivity contribution in [3.05, 3.63) is 95.8 Å². The predicted octanol–water partition coefficient (Wildman–Crippen LogP) is 3.67. The van der Waals surface area contributed by atoms with E-state index in [0.29, 0.717) is 16.1 Å². The van der Waals surface area contributed by atoms with E-state index < -0.39 is 30.2 Å². The van der Waals surface area contributed by atoms with Gasteiger partial charge in [-0.25, -0.2) is 9.18 Å². The number of anilines is 1. The second-order valence-electron chi connectivity index (χ2n) is 6.66. The third kappa shape index (κ3) is 7.29. The van der Waals surface area contributed by atoms with Gasteiger partial charge in [0.05, 0.1) is 11.3 Å². The van der Waals surface area contributed by atoms with Crippen molar-refractivity contribution in [1.29, 1.82) is 0 Å². The number of nitrogens with one attached hydrogen (secondary N) is 2. The maximum absolute atomic E-state index is 13.0. The summed E-state index contributed by atoms with van der Waals surface area (Å²) < 4.78 is 18.0. The van der Waals surface area contributed by atoms with Crippen LogP contribution in [-0.4, -0.2) is 36.1 Å². The summed E-state index contributed by atoms with van der Waals surface area (Å²) in [7, 11) is 0. The van der Waals surface area contributed by atoms with Crippen molar-refractivity contribution in [3.63, 3.8) is 0 Å². The molecule has 3 amide bonds. The first-order valence-electron chi connectivity index (χ1n) is 9.76. The molecule has 0 spiro atoms. The quantitative estimate of drug-likeness (QED) is 0.388. The van der Waals surface area contributed by atoms with Crippen LogP contribution in [0.25, 0.3) is 0 Å². The number of thioether (sulfide) groups is 1. The minimum atomic E-state index is -0.764. The lowest BCUT2D eigenvalue weighted by Gasteiger charge is -2.10. The number of esters is 1. The van der Waals surface area contributed by atoms with Crippen LogP contribution < -0.4 is 10.6 Å². The maximum Gasteiger partial charge on any atom is 0.339 e. The fourth-order valence-electron chi connectivity index (χ4n) is 2.67. The largest absolute Gasteiger partial charge is 0.452 e. The summed E-state index contributed by atoms with van der Waals surface area (Å²) in [6.07, 6.45) is 0. The summed E-state index contributed by atoms with van der Waals surface area (Å²) in [5, 5.41) is 4.78. The Morgan fingerprint density at radius 1 is 0.818 bits per heavy atom. The number of hydrogen-bond acceptors (Lipinski definition) is 6. The number of amides is 3. The highest BCUT2D eigenvalue weighted by atomic mass is 32.2. The van der Waals surface area contributed by atoms with Gasteiger partial charge in [-0.2, -0.15) is 0 Å². The zero-order valence-corrected chi connectivity index (χ0v) is 18.1. The van der Waals surface area contributed by atoms with Crippen molar-refractivity contribution in [2.24, 2.45) is 0 Å². The van der Waals surface area contributed by atoms with Gasteiger partial charge >= 0.3 is 5.97 Å². The average molecular weight is 466 g/mol. The van der Waals surface area contributed by atoms with E-state index in [-0.39, 0.29) is 17.2 Å². The molecule has 3 rings (SSSR count). The number of benzene rings is 3. The van der Waals surface area contributed by atoms with E-state index >= 15 is 0 Å². The molecule has 0 aromatic heterocycles. The van der Waals surface area contributed by atoms with E-state index in [1.54, 1.807) is 48.5 Å². The normalized spacial score (nSPS) is 10.2. The Labute approximate surface area is 193 Å². The number of rotatable bonds is 8. The molecule has 0 heterocycles. The van der Waals surface area contributed by atoms with Crippen LogP contribution in [0, 0.1) is 5.82 Å². The first-order chi connectivity index (χ1) is 15.9. The summed E-state index contributed by atoms with van der Waals surface area (Å²) in [6, 6.07) is 20.0. The van der Waals surface area contributed by atoms with Gasteiger partial charge in [-0.3, -0.25) is 19.7 Å². The van der Waals surface area contributed by atoms with Crippen LogP contribution in [0.3, 0.4) is 0 Å². The van der Waals surface area contributed by atoms with Gasteiger partial charge in [0.15, 0.2) is 6.61 Å². The second kappa shape index (κ2) is 11.6. The Kier molecular flexibility index (Phi) is 8.31. The Morgan fingerprint density at radius 3 is 2.21 bits per heavy atom. The molecule has 3 aromatic carbocycles. The van der Waals surface area contributed by atoms with Crippen molar-refractivity contribution < 1.29 is 28.3 Å². The number of halogens is 1. The second-order valence-corrected chi connectivity index (χ2v) is 7.68. The van der Waals surface area contributed by atoms with Crippen LogP contribution in [0.5, 0.6) is 0 Å². The van der Waals surface area contributed by atoms with E-state index in [2.05, 4.69) is 10.6 Å². The minimum Gasteiger partial charge on any atom is -0.452 e. The van der Waals surface area contributed by atoms with E-state index in [4.69, 9.17) is 4.74 Å². The van der Waals surface area contributed by atoms with Crippen LogP contribution in [0.1, 0.15) is 20.7 Å². The van der Waals surface area contributed by atoms with Crippen LogP contribution in [0.2, 0.25) is 0 Å². The number of hydrogen-bond donors (Lipinski definition) is 2. The smallest absolute Gasteiger partial charge is 0.339 e. The highest BCUT2D eigenvalue weighted by Crippen LogP contribution is 2.23. The number of imide groups is 1. The minimum absolute atomic E-state index is 0.00622. The first-order valence-corrected chi connectivity index (χ1v) is 10.7. The first kappa shape index (κ1) is 23.7. The molecule has 0 radical (unpaired) electrons. The summed E-state index contributed by atoms with van der Waals surface area (Å²) in [5.41, 5.74) is 0.933. The summed E-state index contributed by atoms with van der Waals surface area (Å²) in [6.45, 7) is -0.637. The molecule has 7 nitrogen and oxygen atoms in total. The fraction of sp³-hybridized carbons (Fsp3) is 0.0833. The molecule has 0 unspecified atom stereocenters. The molecule has 0 aliphatic heterocycles. The Morgan fingerprint density at radius 2 is 1.48 bits per heavy atom. The standard InChI is InChI=1S/C24H19FN2O5S/c25-17-10-12-18(13-11-17)26-22(29)15-33-20-9-5-4-8-19(20)24(31)32-14-21(28)27-23(30)16-6-2-1-3-7-16/h1-13H,14-15H2,(H,26,29)(H,27,28,30). The van der Waals surface area contributed by atoms with E-state index in [0.717, 1.165) is 11.8 Å². The lowest BCUT2D eigenvalue weighted by Crippen LogP contribution is -2.34. The maximum atomic E-state index is 13.0. The SMILES string of the molecule is O=C(COC(=O)c1ccccc1SCC(=O)Nc1ccc(F)cc1)NC(=O)c1ccccc1. The van der Waals surface area contributed by atoms with E-state index in [1.165, 1.54) is 30.3 Å². The fourth-order valence-corrected chi connectivity index (χ4v) is 3.51. The molecule has 0 fully saturated rings. The van der Waals surface area contributed by atoms with Gasteiger partial charge in [-0.15, -0.1) is 11.8 Å². The molecule has 0 saturated carbocycles. The summed E-state index contributed by atoms with van der Waals surface area (Å²) >= 11 is 1.11. The Balaban J connectivity index is 1.51. The van der Waals surface area contributed by atoms with Gasteiger partial charge in [0.1, 0.15) is 5.82 Å². The third-order valence-corrected chi connectivity index (χ3v) is 5.29. The molecular formula is C24H19FN2O5S. The summed E-state index contributed by atoms with van der Waals surface area (Å²) in [4.78, 5) is 49.1. The van der Waals surface area contributed by atoms with E-state index in [1.807, 2.05) is 0 Å². The van der Waals surface area contributed by atoms with Gasteiger partial charge in [-0.05, 0) is 48.5 Å². The Hall–Kier alpha value is -3.98. The van der Waals surface area contributed by atoms with Crippen LogP contribution in [0.4, 0.5) is 10.1 Å². The van der Waals surface area contributed by atoms with Gasteiger partial charge in [0, 0.05) is 16.1 Å². The molecule has 9 heteroatoms. The van der Waals surface area contributed by atoms with Gasteiger partial charge in [-0.1, -0.05) is 30.3 Å². The Bertz CT molecular complexity index is 1150. The van der Waals surface area contributed by atoms with Gasteiger partial charge in [0.25, 0.3) is 11.8 Å². The zero-order chi connectivity index (χ0) is 23.6. The zero-order valence-electron chi connectivity index (χ0n) is 17.2. The van der Waals surface area contributed by atoms with Crippen molar-refractivity contribution >= 4 is 41.1 Å². The molecule has 0 aliphatic carbocycles. The molecule has 0 bridgehead atoms. The number of carbonyl (C=O) groups excluding carboxylic acids is 4. The monoisotopic (exact) mass is 466 g/mol. The molecule has 0 saturated heterocycles. The lowest BCUT2D eigenvalue weighted by molar-refractivity contribution is -0.123. The number of ether oxygens (including phenoxy) is 1. The molecule has 0 aliphatic rings. The topological polar surface area (TPSA) is 102 Å². The van der Waals surface area contributed by atoms with Gasteiger partial charge < -0.3 is 10.1 Å². The van der Waals surface area contributed by atoms with Crippen molar-refractivity contribution in [3.8, 4) is 0 Å². The van der Waals surface area contributed by atoms with Crippen molar-refractivity contribution in [2.75, 3.05) is 17.7 Å². The highest BCUT2D eigenvalue weighted by Gasteiger charge is 2.17. The molecule has 33 heavy (non-hydrogen) atoms. The van der Waals surface area contributed by atoms with E-state index in [9.17, 15) is 23.6 Å². The molecule has 3 aromatic rings. The molecular weight excluding hydrogens is 447 g/mol. The summed E-state index contributed by atoms with van der Waals surface area (Å²) in [5.74, 6) is -2.88. The van der Waals surface area contributed by atoms with Gasteiger partial charge in [0.2, 0.25) is 5.91 Å². The molecule has 2 N–H and O–H groups in total. The average Bonchev–Trinajstić information content (AvgIpc) is 2.83. The third-order valence-electron chi connectivity index (χ3n) is 4.22. The highest BCUT2D eigenvalue weighted by molar-refractivity contribution is 8.00. The molecule has 0 atom stereocenters. The number of carbonyl (C=O) groups is 4.